The highest BCUT2D eigenvalue weighted by atomic mass is 16.4. The fourth-order valence-electron chi connectivity index (χ4n) is 3.48. The van der Waals surface area contributed by atoms with Gasteiger partial charge >= 0.3 is 5.97 Å². The molecule has 128 valence electrons. The maximum atomic E-state index is 12.9. The highest BCUT2D eigenvalue weighted by molar-refractivity contribution is 6.13. The third-order valence-electron chi connectivity index (χ3n) is 5.13. The van der Waals surface area contributed by atoms with E-state index < -0.39 is 12.0 Å². The van der Waals surface area contributed by atoms with E-state index in [9.17, 15) is 9.59 Å². The molecule has 2 heterocycles. The molecule has 0 radical (unpaired) electrons. The van der Waals surface area contributed by atoms with E-state index in [1.807, 2.05) is 36.4 Å². The number of rotatable bonds is 5. The minimum atomic E-state index is -0.989. The lowest BCUT2D eigenvalue weighted by Crippen LogP contribution is -2.30. The van der Waals surface area contributed by atoms with Crippen LogP contribution in [-0.4, -0.2) is 28.0 Å². The van der Waals surface area contributed by atoms with Gasteiger partial charge in [-0.2, -0.15) is 0 Å². The van der Waals surface area contributed by atoms with Crippen LogP contribution in [0, 0.1) is 0 Å². The first-order chi connectivity index (χ1) is 12.0. The molecule has 4 rings (SSSR count). The van der Waals surface area contributed by atoms with Crippen LogP contribution in [0.5, 0.6) is 0 Å². The van der Waals surface area contributed by atoms with E-state index in [0.717, 1.165) is 35.5 Å². The van der Waals surface area contributed by atoms with Crippen molar-refractivity contribution >= 4 is 23.4 Å². The van der Waals surface area contributed by atoms with Gasteiger partial charge in [0, 0.05) is 11.8 Å². The second-order valence-corrected chi connectivity index (χ2v) is 6.75. The Bertz CT molecular complexity index is 843. The molecular weight excluding hydrogens is 318 g/mol. The molecule has 6 heteroatoms. The van der Waals surface area contributed by atoms with Crippen LogP contribution in [-0.2, 0) is 21.4 Å². The van der Waals surface area contributed by atoms with Gasteiger partial charge in [-0.15, -0.1) is 0 Å². The Hall–Kier alpha value is -2.73. The van der Waals surface area contributed by atoms with Gasteiger partial charge in [0.2, 0.25) is 5.91 Å². The molecule has 0 bridgehead atoms. The van der Waals surface area contributed by atoms with Crippen molar-refractivity contribution in [1.82, 2.24) is 4.98 Å². The molecule has 3 N–H and O–H groups in total. The zero-order valence-electron chi connectivity index (χ0n) is 13.7. The van der Waals surface area contributed by atoms with Gasteiger partial charge in [0.1, 0.15) is 11.9 Å². The third kappa shape index (κ3) is 2.49. The summed E-state index contributed by atoms with van der Waals surface area (Å²) in [5, 5.41) is 8.85. The van der Waals surface area contributed by atoms with Crippen molar-refractivity contribution < 1.29 is 14.7 Å². The summed E-state index contributed by atoms with van der Waals surface area (Å²) in [6, 6.07) is 10.6. The van der Waals surface area contributed by atoms with E-state index in [1.54, 1.807) is 11.1 Å². The molecule has 25 heavy (non-hydrogen) atoms. The molecule has 1 saturated carbocycles. The fraction of sp³-hybridized carbons (Fsp3) is 0.316. The number of nitrogens with two attached hydrogens (primary N) is 1. The summed E-state index contributed by atoms with van der Waals surface area (Å²) in [5.74, 6) is -0.163. The Morgan fingerprint density at radius 3 is 2.64 bits per heavy atom. The number of fused-ring (bicyclic) bond motifs is 2. The minimum absolute atomic E-state index is 0.0989. The number of amides is 1. The largest absolute Gasteiger partial charge is 0.480 e. The number of pyridine rings is 1. The van der Waals surface area contributed by atoms with Gasteiger partial charge in [0.15, 0.2) is 0 Å². The summed E-state index contributed by atoms with van der Waals surface area (Å²) in [6.45, 7) is 0. The average Bonchev–Trinajstić information content (AvgIpc) is 3.38. The van der Waals surface area contributed by atoms with Crippen molar-refractivity contribution in [3.8, 4) is 0 Å². The molecule has 0 unspecified atom stereocenters. The maximum absolute atomic E-state index is 12.9. The van der Waals surface area contributed by atoms with E-state index in [4.69, 9.17) is 10.8 Å². The molecular formula is C19H19N3O3. The number of aliphatic carboxylic acids is 1. The molecule has 1 aromatic carbocycles. The lowest BCUT2D eigenvalue weighted by molar-refractivity contribution is -0.138. The van der Waals surface area contributed by atoms with Gasteiger partial charge in [-0.1, -0.05) is 18.2 Å². The Balaban J connectivity index is 1.57. The van der Waals surface area contributed by atoms with Gasteiger partial charge < -0.3 is 10.8 Å². The number of carboxylic acids is 1. The molecule has 2 aromatic rings. The number of carbonyl (C=O) groups excluding carboxylic acids is 1. The van der Waals surface area contributed by atoms with Crippen LogP contribution in [0.2, 0.25) is 0 Å². The first-order valence-electron chi connectivity index (χ1n) is 8.40. The standard InChI is InChI=1S/C19H19N3O3/c20-15(17(23)24)8-5-12-3-6-13(7-4-12)22-16-14(2-1-11-21-16)19(9-10-19)18(22)25/h1-4,6-7,11,15H,5,8-10,20H2,(H,23,24)/t15-/m0/s1. The topological polar surface area (TPSA) is 96.5 Å². The zero-order chi connectivity index (χ0) is 17.6. The van der Waals surface area contributed by atoms with Gasteiger partial charge in [-0.05, 0) is 49.4 Å². The normalized spacial score (nSPS) is 18.3. The fourth-order valence-corrected chi connectivity index (χ4v) is 3.48. The van der Waals surface area contributed by atoms with Gasteiger partial charge in [0.05, 0.1) is 11.1 Å². The van der Waals surface area contributed by atoms with Crippen molar-refractivity contribution in [1.29, 1.82) is 0 Å². The number of anilines is 2. The summed E-state index contributed by atoms with van der Waals surface area (Å²) in [4.78, 5) is 29.8. The van der Waals surface area contributed by atoms with Gasteiger partial charge in [-0.25, -0.2) is 4.98 Å². The second-order valence-electron chi connectivity index (χ2n) is 6.75. The molecule has 1 spiro atoms. The van der Waals surface area contributed by atoms with Crippen molar-refractivity contribution in [2.45, 2.75) is 37.1 Å². The molecule has 2 aliphatic rings. The molecule has 6 nitrogen and oxygen atoms in total. The summed E-state index contributed by atoms with van der Waals surface area (Å²) in [6.07, 6.45) is 4.44. The van der Waals surface area contributed by atoms with Crippen LogP contribution in [0.3, 0.4) is 0 Å². The highest BCUT2D eigenvalue weighted by Gasteiger charge is 2.60. The van der Waals surface area contributed by atoms with E-state index in [2.05, 4.69) is 4.98 Å². The number of benzene rings is 1. The van der Waals surface area contributed by atoms with Crippen LogP contribution in [0.25, 0.3) is 0 Å². The molecule has 1 atom stereocenters. The van der Waals surface area contributed by atoms with E-state index in [0.29, 0.717) is 12.8 Å². The van der Waals surface area contributed by atoms with Crippen LogP contribution in [0.15, 0.2) is 42.6 Å². The predicted octanol–water partition coefficient (Wildman–Crippen LogP) is 2.14. The number of hydrogen-bond acceptors (Lipinski definition) is 4. The lowest BCUT2D eigenvalue weighted by Gasteiger charge is -2.17. The number of carbonyl (C=O) groups is 2. The van der Waals surface area contributed by atoms with E-state index >= 15 is 0 Å². The summed E-state index contributed by atoms with van der Waals surface area (Å²) in [5.41, 5.74) is 7.99. The number of aromatic nitrogens is 1. The quantitative estimate of drug-likeness (QED) is 0.871. The van der Waals surface area contributed by atoms with Crippen molar-refractivity contribution in [2.24, 2.45) is 5.73 Å². The average molecular weight is 337 g/mol. The first kappa shape index (κ1) is 15.8. The van der Waals surface area contributed by atoms with Crippen molar-refractivity contribution in [3.05, 3.63) is 53.7 Å². The van der Waals surface area contributed by atoms with E-state index in [-0.39, 0.29) is 11.3 Å². The molecule has 0 saturated heterocycles. The zero-order valence-corrected chi connectivity index (χ0v) is 13.7. The van der Waals surface area contributed by atoms with Crippen molar-refractivity contribution in [3.63, 3.8) is 0 Å². The molecule has 1 aliphatic heterocycles. The van der Waals surface area contributed by atoms with Crippen LogP contribution >= 0.6 is 0 Å². The summed E-state index contributed by atoms with van der Waals surface area (Å²) in [7, 11) is 0. The van der Waals surface area contributed by atoms with Crippen LogP contribution in [0.1, 0.15) is 30.4 Å². The number of hydrogen-bond donors (Lipinski definition) is 2. The summed E-state index contributed by atoms with van der Waals surface area (Å²) >= 11 is 0. The predicted molar refractivity (Wildman–Crippen MR) is 92.7 cm³/mol. The number of aryl methyl sites for hydroxylation is 1. The number of nitrogens with zero attached hydrogens (tertiary/aromatic N) is 2. The van der Waals surface area contributed by atoms with E-state index in [1.165, 1.54) is 0 Å². The Kier molecular flexibility index (Phi) is 3.58. The smallest absolute Gasteiger partial charge is 0.320 e. The Morgan fingerprint density at radius 2 is 2.00 bits per heavy atom. The minimum Gasteiger partial charge on any atom is -0.480 e. The van der Waals surface area contributed by atoms with Crippen LogP contribution in [0.4, 0.5) is 11.5 Å². The van der Waals surface area contributed by atoms with Crippen LogP contribution < -0.4 is 10.6 Å². The van der Waals surface area contributed by atoms with Gasteiger partial charge in [0.25, 0.3) is 0 Å². The Labute approximate surface area is 145 Å². The number of carboxylic acid groups (broad SMARTS) is 1. The molecule has 1 aliphatic carbocycles. The molecule has 1 aromatic heterocycles. The SMILES string of the molecule is N[C@@H](CCc1ccc(N2C(=O)C3(CC3)c3cccnc32)cc1)C(=O)O. The maximum Gasteiger partial charge on any atom is 0.320 e. The first-order valence-corrected chi connectivity index (χ1v) is 8.40. The molecule has 1 amide bonds. The van der Waals surface area contributed by atoms with Crippen molar-refractivity contribution in [2.75, 3.05) is 4.90 Å². The molecule has 1 fully saturated rings. The lowest BCUT2D eigenvalue weighted by atomic mass is 10.00. The van der Waals surface area contributed by atoms with Gasteiger partial charge in [-0.3, -0.25) is 14.5 Å². The monoisotopic (exact) mass is 337 g/mol. The Morgan fingerprint density at radius 1 is 1.28 bits per heavy atom. The second kappa shape index (κ2) is 5.67. The third-order valence-corrected chi connectivity index (χ3v) is 5.13. The summed E-state index contributed by atoms with van der Waals surface area (Å²) < 4.78 is 0. The highest BCUT2D eigenvalue weighted by Crippen LogP contribution is 2.58.